The third-order valence-corrected chi connectivity index (χ3v) is 4.19. The quantitative estimate of drug-likeness (QED) is 0.772. The number of amides is 1. The van der Waals surface area contributed by atoms with Crippen LogP contribution < -0.4 is 0 Å². The van der Waals surface area contributed by atoms with Gasteiger partial charge in [0, 0.05) is 24.9 Å². The lowest BCUT2D eigenvalue weighted by Gasteiger charge is -2.40. The Kier molecular flexibility index (Phi) is 4.83. The summed E-state index contributed by atoms with van der Waals surface area (Å²) in [6, 6.07) is 0.0767. The molecule has 2 fully saturated rings. The number of Topliss-reactive ketones (excluding diaryl/α,β-unsaturated/α-hetero) is 1. The van der Waals surface area contributed by atoms with Crippen LogP contribution in [0, 0.1) is 5.92 Å². The van der Waals surface area contributed by atoms with Crippen LogP contribution in [-0.2, 0) is 9.53 Å². The van der Waals surface area contributed by atoms with Crippen molar-refractivity contribution in [2.24, 2.45) is 5.92 Å². The molecular weight excluding hydrogens is 242 g/mol. The zero-order valence-corrected chi connectivity index (χ0v) is 12.1. The van der Waals surface area contributed by atoms with Crippen LogP contribution in [0.15, 0.2) is 0 Å². The molecule has 2 unspecified atom stereocenters. The first kappa shape index (κ1) is 14.4. The summed E-state index contributed by atoms with van der Waals surface area (Å²) < 4.78 is 5.32. The van der Waals surface area contributed by atoms with Crippen molar-refractivity contribution < 1.29 is 14.3 Å². The molecule has 0 aromatic heterocycles. The Morgan fingerprint density at radius 2 is 1.95 bits per heavy atom. The molecule has 1 saturated heterocycles. The van der Waals surface area contributed by atoms with Crippen molar-refractivity contribution in [3.05, 3.63) is 0 Å². The van der Waals surface area contributed by atoms with Crippen LogP contribution in [0.3, 0.4) is 0 Å². The summed E-state index contributed by atoms with van der Waals surface area (Å²) in [5.74, 6) is 0.397. The van der Waals surface area contributed by atoms with Crippen molar-refractivity contribution >= 4 is 11.9 Å². The largest absolute Gasteiger partial charge is 0.447 e. The van der Waals surface area contributed by atoms with Gasteiger partial charge in [-0.25, -0.2) is 4.79 Å². The molecule has 19 heavy (non-hydrogen) atoms. The maximum atomic E-state index is 12.2. The molecule has 0 aromatic rings. The molecule has 2 atom stereocenters. The van der Waals surface area contributed by atoms with E-state index in [1.165, 1.54) is 0 Å². The number of ketones is 1. The van der Waals surface area contributed by atoms with Crippen molar-refractivity contribution in [2.75, 3.05) is 6.54 Å². The molecule has 1 saturated carbocycles. The molecule has 1 aliphatic heterocycles. The van der Waals surface area contributed by atoms with Crippen molar-refractivity contribution in [3.8, 4) is 0 Å². The maximum absolute atomic E-state index is 12.2. The second kappa shape index (κ2) is 6.40. The van der Waals surface area contributed by atoms with Gasteiger partial charge in [0.1, 0.15) is 5.78 Å². The normalized spacial score (nSPS) is 28.6. The van der Waals surface area contributed by atoms with E-state index in [-0.39, 0.29) is 24.2 Å². The predicted octanol–water partition coefficient (Wildman–Crippen LogP) is 3.15. The van der Waals surface area contributed by atoms with E-state index in [0.717, 1.165) is 45.1 Å². The minimum atomic E-state index is -0.238. The van der Waals surface area contributed by atoms with Gasteiger partial charge in [0.25, 0.3) is 0 Å². The Morgan fingerprint density at radius 3 is 2.63 bits per heavy atom. The summed E-state index contributed by atoms with van der Waals surface area (Å²) in [5.41, 5.74) is 0. The van der Waals surface area contributed by atoms with Gasteiger partial charge < -0.3 is 9.64 Å². The molecule has 4 heteroatoms. The molecule has 0 N–H and O–H groups in total. The third kappa shape index (κ3) is 3.48. The van der Waals surface area contributed by atoms with Crippen LogP contribution in [-0.4, -0.2) is 35.5 Å². The number of carbonyl (C=O) groups excluding carboxylic acids is 2. The Hall–Kier alpha value is -1.06. The molecule has 1 heterocycles. The van der Waals surface area contributed by atoms with Crippen LogP contribution in [0.5, 0.6) is 0 Å². The van der Waals surface area contributed by atoms with E-state index < -0.39 is 0 Å². The molecule has 0 spiro atoms. The second-order valence-electron chi connectivity index (χ2n) is 6.01. The van der Waals surface area contributed by atoms with E-state index >= 15 is 0 Å². The molecule has 0 radical (unpaired) electrons. The van der Waals surface area contributed by atoms with Gasteiger partial charge in [-0.2, -0.15) is 0 Å². The average molecular weight is 267 g/mol. The van der Waals surface area contributed by atoms with Crippen molar-refractivity contribution in [2.45, 2.75) is 70.9 Å². The molecule has 108 valence electrons. The molecule has 0 aromatic carbocycles. The maximum Gasteiger partial charge on any atom is 0.410 e. The first-order valence-corrected chi connectivity index (χ1v) is 7.59. The summed E-state index contributed by atoms with van der Waals surface area (Å²) >= 11 is 0. The minimum absolute atomic E-state index is 0.0498. The number of likely N-dealkylation sites (tertiary alicyclic amines) is 1. The van der Waals surface area contributed by atoms with Crippen LogP contribution in [0.2, 0.25) is 0 Å². The Balaban J connectivity index is 2.06. The third-order valence-electron chi connectivity index (χ3n) is 4.19. The van der Waals surface area contributed by atoms with Crippen LogP contribution >= 0.6 is 0 Å². The highest BCUT2D eigenvalue weighted by Gasteiger charge is 2.38. The summed E-state index contributed by atoms with van der Waals surface area (Å²) in [6.07, 6.45) is 6.49. The topological polar surface area (TPSA) is 46.6 Å². The SMILES string of the molecule is CC(C)OC(=O)N1CCCCC1C1CCCCC1=O. The van der Waals surface area contributed by atoms with Gasteiger partial charge in [0.15, 0.2) is 0 Å². The lowest BCUT2D eigenvalue weighted by molar-refractivity contribution is -0.127. The average Bonchev–Trinajstić information content (AvgIpc) is 2.38. The molecule has 2 rings (SSSR count). The summed E-state index contributed by atoms with van der Waals surface area (Å²) in [4.78, 5) is 26.1. The van der Waals surface area contributed by atoms with Gasteiger partial charge in [-0.05, 0) is 46.0 Å². The number of piperidine rings is 1. The van der Waals surface area contributed by atoms with E-state index in [1.807, 2.05) is 18.7 Å². The fraction of sp³-hybridized carbons (Fsp3) is 0.867. The van der Waals surface area contributed by atoms with E-state index in [2.05, 4.69) is 0 Å². The summed E-state index contributed by atoms with van der Waals surface area (Å²) in [5, 5.41) is 0. The fourth-order valence-corrected chi connectivity index (χ4v) is 3.29. The zero-order chi connectivity index (χ0) is 13.8. The fourth-order valence-electron chi connectivity index (χ4n) is 3.29. The van der Waals surface area contributed by atoms with Gasteiger partial charge in [-0.3, -0.25) is 4.79 Å². The number of hydrogen-bond donors (Lipinski definition) is 0. The number of nitrogens with zero attached hydrogens (tertiary/aromatic N) is 1. The highest BCUT2D eigenvalue weighted by atomic mass is 16.6. The monoisotopic (exact) mass is 267 g/mol. The zero-order valence-electron chi connectivity index (χ0n) is 12.1. The predicted molar refractivity (Wildman–Crippen MR) is 72.9 cm³/mol. The number of hydrogen-bond acceptors (Lipinski definition) is 3. The number of carbonyl (C=O) groups is 2. The Morgan fingerprint density at radius 1 is 1.21 bits per heavy atom. The van der Waals surface area contributed by atoms with Gasteiger partial charge in [0.05, 0.1) is 6.10 Å². The second-order valence-corrected chi connectivity index (χ2v) is 6.01. The van der Waals surface area contributed by atoms with Gasteiger partial charge in [0.2, 0.25) is 0 Å². The standard InChI is InChI=1S/C15H25NO3/c1-11(2)19-15(18)16-10-6-5-8-13(16)12-7-3-4-9-14(12)17/h11-13H,3-10H2,1-2H3. The molecule has 4 nitrogen and oxygen atoms in total. The molecule has 1 amide bonds. The number of ether oxygens (including phenoxy) is 1. The van der Waals surface area contributed by atoms with Gasteiger partial charge in [-0.15, -0.1) is 0 Å². The molecule has 0 bridgehead atoms. The van der Waals surface area contributed by atoms with Crippen LogP contribution in [0.4, 0.5) is 4.79 Å². The lowest BCUT2D eigenvalue weighted by Crippen LogP contribution is -2.50. The highest BCUT2D eigenvalue weighted by molar-refractivity contribution is 5.83. The van der Waals surface area contributed by atoms with Gasteiger partial charge in [-0.1, -0.05) is 6.42 Å². The minimum Gasteiger partial charge on any atom is -0.447 e. The van der Waals surface area contributed by atoms with Crippen LogP contribution in [0.25, 0.3) is 0 Å². The van der Waals surface area contributed by atoms with Crippen molar-refractivity contribution in [1.29, 1.82) is 0 Å². The van der Waals surface area contributed by atoms with E-state index in [1.54, 1.807) is 0 Å². The summed E-state index contributed by atoms with van der Waals surface area (Å²) in [6.45, 7) is 4.46. The highest BCUT2D eigenvalue weighted by Crippen LogP contribution is 2.32. The van der Waals surface area contributed by atoms with Crippen molar-refractivity contribution in [1.82, 2.24) is 4.90 Å². The first-order chi connectivity index (χ1) is 9.09. The van der Waals surface area contributed by atoms with E-state index in [9.17, 15) is 9.59 Å². The molecular formula is C15H25NO3. The summed E-state index contributed by atoms with van der Waals surface area (Å²) in [7, 11) is 0. The van der Waals surface area contributed by atoms with E-state index in [4.69, 9.17) is 4.74 Å². The Labute approximate surface area is 115 Å². The smallest absolute Gasteiger partial charge is 0.410 e. The first-order valence-electron chi connectivity index (χ1n) is 7.59. The van der Waals surface area contributed by atoms with E-state index in [0.29, 0.717) is 12.2 Å². The molecule has 2 aliphatic rings. The van der Waals surface area contributed by atoms with Crippen LogP contribution in [0.1, 0.15) is 58.8 Å². The lowest BCUT2D eigenvalue weighted by atomic mass is 9.79. The number of rotatable bonds is 2. The molecule has 1 aliphatic carbocycles. The Bertz CT molecular complexity index is 340. The van der Waals surface area contributed by atoms with Gasteiger partial charge >= 0.3 is 6.09 Å². The van der Waals surface area contributed by atoms with Crippen molar-refractivity contribution in [3.63, 3.8) is 0 Å².